The van der Waals surface area contributed by atoms with Gasteiger partial charge in [-0.15, -0.1) is 0 Å². The van der Waals surface area contributed by atoms with Crippen molar-refractivity contribution in [1.29, 1.82) is 0 Å². The van der Waals surface area contributed by atoms with Gasteiger partial charge in [0.25, 0.3) is 0 Å². The third kappa shape index (κ3) is 1.79. The van der Waals surface area contributed by atoms with Gasteiger partial charge in [0.05, 0.1) is 5.54 Å². The van der Waals surface area contributed by atoms with Crippen molar-refractivity contribution >= 4 is 0 Å². The molecule has 0 aliphatic carbocycles. The summed E-state index contributed by atoms with van der Waals surface area (Å²) in [6, 6.07) is 2.52. The molecule has 3 nitrogen and oxygen atoms in total. The molecular weight excluding hydrogens is 274 g/mol. The maximum atomic E-state index is 14.6. The van der Waals surface area contributed by atoms with Gasteiger partial charge in [0.1, 0.15) is 11.9 Å². The molecule has 112 valence electrons. The van der Waals surface area contributed by atoms with Crippen LogP contribution in [0.25, 0.3) is 0 Å². The van der Waals surface area contributed by atoms with Crippen LogP contribution in [0, 0.1) is 0 Å². The molecule has 0 amide bonds. The molecule has 2 atom stereocenters. The van der Waals surface area contributed by atoms with Crippen molar-refractivity contribution in [3.63, 3.8) is 0 Å². The van der Waals surface area contributed by atoms with Crippen molar-refractivity contribution in [2.45, 2.75) is 30.9 Å². The zero-order valence-corrected chi connectivity index (χ0v) is 11.2. The molecule has 3 heterocycles. The number of alkyl halides is 4. The summed E-state index contributed by atoms with van der Waals surface area (Å²) < 4.78 is 54.9. The predicted octanol–water partition coefficient (Wildman–Crippen LogP) is 1.98. The first-order valence-corrected chi connectivity index (χ1v) is 6.70. The first-order valence-electron chi connectivity index (χ1n) is 6.70. The van der Waals surface area contributed by atoms with Gasteiger partial charge >= 0.3 is 6.18 Å². The lowest BCUT2D eigenvalue weighted by molar-refractivity contribution is -0.145. The second-order valence-electron chi connectivity index (χ2n) is 5.52. The Morgan fingerprint density at radius 1 is 1.30 bits per heavy atom. The highest BCUT2D eigenvalue weighted by atomic mass is 19.4. The molecule has 1 aromatic rings. The Kier molecular flexibility index (Phi) is 3.10. The number of nitrogens with zero attached hydrogens (tertiary/aromatic N) is 2. The largest absolute Gasteiger partial charge is 0.431 e. The molecule has 1 fully saturated rings. The van der Waals surface area contributed by atoms with Crippen molar-refractivity contribution in [3.05, 3.63) is 23.5 Å². The van der Waals surface area contributed by atoms with E-state index in [2.05, 4.69) is 5.32 Å². The van der Waals surface area contributed by atoms with Gasteiger partial charge in [-0.05, 0) is 32.1 Å². The van der Waals surface area contributed by atoms with Gasteiger partial charge in [0, 0.05) is 25.3 Å². The molecule has 3 rings (SSSR count). The summed E-state index contributed by atoms with van der Waals surface area (Å²) in [6.45, 7) is 1.45. The second kappa shape index (κ2) is 4.46. The van der Waals surface area contributed by atoms with Crippen LogP contribution in [0.3, 0.4) is 0 Å². The molecule has 0 aromatic carbocycles. The van der Waals surface area contributed by atoms with Gasteiger partial charge < -0.3 is 9.88 Å². The van der Waals surface area contributed by atoms with E-state index in [9.17, 15) is 17.6 Å². The van der Waals surface area contributed by atoms with Gasteiger partial charge in [-0.25, -0.2) is 4.39 Å². The third-order valence-electron chi connectivity index (χ3n) is 4.58. The molecule has 1 aromatic heterocycles. The van der Waals surface area contributed by atoms with Crippen LogP contribution in [0.5, 0.6) is 0 Å². The van der Waals surface area contributed by atoms with Crippen molar-refractivity contribution in [2.75, 3.05) is 26.7 Å². The van der Waals surface area contributed by atoms with E-state index in [4.69, 9.17) is 0 Å². The number of fused-ring (bicyclic) bond motifs is 2. The lowest BCUT2D eigenvalue weighted by Gasteiger charge is -2.50. The van der Waals surface area contributed by atoms with Gasteiger partial charge in [-0.2, -0.15) is 13.2 Å². The summed E-state index contributed by atoms with van der Waals surface area (Å²) in [5.41, 5.74) is -1.16. The molecule has 2 aliphatic heterocycles. The Hall–Kier alpha value is -1.08. The normalized spacial score (nSPS) is 31.6. The molecule has 2 unspecified atom stereocenters. The van der Waals surface area contributed by atoms with Crippen molar-refractivity contribution in [1.82, 2.24) is 14.8 Å². The summed E-state index contributed by atoms with van der Waals surface area (Å²) >= 11 is 0. The highest BCUT2D eigenvalue weighted by Gasteiger charge is 2.51. The SMILES string of the molecule is CN1CCn2c(C(F)(F)F)ccc2C12CCNCC2F. The summed E-state index contributed by atoms with van der Waals surface area (Å²) in [5.74, 6) is 0. The second-order valence-corrected chi connectivity index (χ2v) is 5.52. The van der Waals surface area contributed by atoms with Gasteiger partial charge in [-0.3, -0.25) is 4.90 Å². The minimum Gasteiger partial charge on any atom is -0.338 e. The Labute approximate surface area is 114 Å². The highest BCUT2D eigenvalue weighted by molar-refractivity contribution is 5.30. The average Bonchev–Trinajstić information content (AvgIpc) is 2.81. The van der Waals surface area contributed by atoms with E-state index < -0.39 is 23.6 Å². The molecule has 2 aliphatic rings. The van der Waals surface area contributed by atoms with Gasteiger partial charge in [0.2, 0.25) is 0 Å². The van der Waals surface area contributed by atoms with Crippen LogP contribution >= 0.6 is 0 Å². The van der Waals surface area contributed by atoms with Crippen LogP contribution < -0.4 is 5.32 Å². The van der Waals surface area contributed by atoms with E-state index in [-0.39, 0.29) is 13.1 Å². The number of hydrogen-bond acceptors (Lipinski definition) is 2. The van der Waals surface area contributed by atoms with E-state index in [1.165, 1.54) is 10.6 Å². The van der Waals surface area contributed by atoms with Crippen LogP contribution in [-0.4, -0.2) is 42.3 Å². The maximum Gasteiger partial charge on any atom is 0.431 e. The fourth-order valence-electron chi connectivity index (χ4n) is 3.53. The Morgan fingerprint density at radius 3 is 2.70 bits per heavy atom. The fourth-order valence-corrected chi connectivity index (χ4v) is 3.53. The first kappa shape index (κ1) is 13.9. The number of likely N-dealkylation sites (N-methyl/N-ethyl adjacent to an activating group) is 1. The van der Waals surface area contributed by atoms with Crippen molar-refractivity contribution in [2.24, 2.45) is 0 Å². The molecule has 20 heavy (non-hydrogen) atoms. The van der Waals surface area contributed by atoms with E-state index in [0.29, 0.717) is 25.2 Å². The summed E-state index contributed by atoms with van der Waals surface area (Å²) in [7, 11) is 1.79. The average molecular weight is 291 g/mol. The van der Waals surface area contributed by atoms with E-state index in [1.807, 2.05) is 4.90 Å². The zero-order valence-electron chi connectivity index (χ0n) is 11.2. The van der Waals surface area contributed by atoms with E-state index in [1.54, 1.807) is 7.05 Å². The lowest BCUT2D eigenvalue weighted by atomic mass is 9.80. The third-order valence-corrected chi connectivity index (χ3v) is 4.58. The summed E-state index contributed by atoms with van der Waals surface area (Å²) in [6.07, 6.45) is -5.13. The minimum absolute atomic E-state index is 0.177. The zero-order chi connectivity index (χ0) is 14.5. The first-order chi connectivity index (χ1) is 9.37. The van der Waals surface area contributed by atoms with Crippen LogP contribution in [0.15, 0.2) is 12.1 Å². The maximum absolute atomic E-state index is 14.6. The Bertz CT molecular complexity index is 510. The van der Waals surface area contributed by atoms with E-state index in [0.717, 1.165) is 6.07 Å². The number of piperidine rings is 1. The van der Waals surface area contributed by atoms with Gasteiger partial charge in [0.15, 0.2) is 0 Å². The van der Waals surface area contributed by atoms with Crippen LogP contribution in [0.1, 0.15) is 17.8 Å². The smallest absolute Gasteiger partial charge is 0.338 e. The van der Waals surface area contributed by atoms with E-state index >= 15 is 0 Å². The molecular formula is C13H17F4N3. The molecule has 1 N–H and O–H groups in total. The monoisotopic (exact) mass is 291 g/mol. The molecule has 0 radical (unpaired) electrons. The number of nitrogens with one attached hydrogen (secondary N) is 1. The molecule has 0 bridgehead atoms. The summed E-state index contributed by atoms with van der Waals surface area (Å²) in [4.78, 5) is 1.87. The number of hydrogen-bond donors (Lipinski definition) is 1. The number of rotatable bonds is 0. The number of halogens is 4. The van der Waals surface area contributed by atoms with Crippen LogP contribution in [-0.2, 0) is 18.3 Å². The quantitative estimate of drug-likeness (QED) is 0.738. The molecule has 0 saturated carbocycles. The van der Waals surface area contributed by atoms with Crippen molar-refractivity contribution < 1.29 is 17.6 Å². The lowest BCUT2D eigenvalue weighted by Crippen LogP contribution is -2.62. The highest BCUT2D eigenvalue weighted by Crippen LogP contribution is 2.43. The van der Waals surface area contributed by atoms with Crippen molar-refractivity contribution in [3.8, 4) is 0 Å². The number of aromatic nitrogens is 1. The Morgan fingerprint density at radius 2 is 2.05 bits per heavy atom. The molecule has 1 spiro atoms. The standard InChI is InChI=1S/C13H17F4N3/c1-19-6-7-20-10(2-3-11(20)13(15,16)17)12(19)4-5-18-8-9(12)14/h2-3,9,18H,4-8H2,1H3. The molecule has 1 saturated heterocycles. The van der Waals surface area contributed by atoms with Gasteiger partial charge in [-0.1, -0.05) is 0 Å². The van der Waals surface area contributed by atoms with Crippen LogP contribution in [0.4, 0.5) is 17.6 Å². The topological polar surface area (TPSA) is 20.2 Å². The summed E-state index contributed by atoms with van der Waals surface area (Å²) in [5, 5.41) is 2.96. The fraction of sp³-hybridized carbons (Fsp3) is 0.692. The molecule has 7 heteroatoms. The van der Waals surface area contributed by atoms with Crippen LogP contribution in [0.2, 0.25) is 0 Å². The minimum atomic E-state index is -4.39. The predicted molar refractivity (Wildman–Crippen MR) is 66.1 cm³/mol. The Balaban J connectivity index is 2.13.